The topological polar surface area (TPSA) is 64.7 Å². The quantitative estimate of drug-likeness (QED) is 0.749. The number of carbonyl (C=O) groups is 1. The van der Waals surface area contributed by atoms with Crippen LogP contribution in [0.4, 0.5) is 5.95 Å². The molecule has 0 radical (unpaired) electrons. The van der Waals surface area contributed by atoms with Crippen molar-refractivity contribution in [3.05, 3.63) is 41.2 Å². The van der Waals surface area contributed by atoms with E-state index in [9.17, 15) is 4.79 Å². The summed E-state index contributed by atoms with van der Waals surface area (Å²) in [6.45, 7) is 6.97. The Bertz CT molecular complexity index is 906. The fraction of sp³-hybridized carbons (Fsp3) is 0.421. The second-order valence-electron chi connectivity index (χ2n) is 6.40. The Labute approximate surface area is 147 Å². The van der Waals surface area contributed by atoms with Gasteiger partial charge in [0.05, 0.1) is 16.7 Å². The van der Waals surface area contributed by atoms with E-state index in [0.717, 1.165) is 41.0 Å². The third kappa shape index (κ3) is 3.43. The van der Waals surface area contributed by atoms with Crippen molar-refractivity contribution in [1.29, 1.82) is 0 Å². The van der Waals surface area contributed by atoms with Crippen LogP contribution in [0.2, 0.25) is 0 Å². The van der Waals surface area contributed by atoms with Crippen LogP contribution in [0, 0.1) is 13.8 Å². The smallest absolute Gasteiger partial charge is 0.227 e. The maximum absolute atomic E-state index is 12.5. The zero-order valence-corrected chi connectivity index (χ0v) is 15.3. The normalized spacial score (nSPS) is 11.2. The highest BCUT2D eigenvalue weighted by molar-refractivity contribution is 5.91. The summed E-state index contributed by atoms with van der Waals surface area (Å²) in [7, 11) is 1.93. The zero-order valence-electron chi connectivity index (χ0n) is 15.3. The third-order valence-corrected chi connectivity index (χ3v) is 4.61. The molecule has 0 saturated carbocycles. The molecule has 1 amide bonds. The van der Waals surface area contributed by atoms with Crippen LogP contribution in [0.5, 0.6) is 0 Å². The van der Waals surface area contributed by atoms with Crippen molar-refractivity contribution in [3.63, 3.8) is 0 Å². The molecular formula is C19H25N5O. The molecule has 0 aliphatic carbocycles. The Morgan fingerprint density at radius 2 is 2.00 bits per heavy atom. The van der Waals surface area contributed by atoms with Gasteiger partial charge in [0.25, 0.3) is 0 Å². The second kappa shape index (κ2) is 7.09. The van der Waals surface area contributed by atoms with Crippen LogP contribution in [0.3, 0.4) is 0 Å². The summed E-state index contributed by atoms with van der Waals surface area (Å²) in [5, 5.41) is 7.39. The van der Waals surface area contributed by atoms with Crippen LogP contribution in [0.15, 0.2) is 24.3 Å². The predicted octanol–water partition coefficient (Wildman–Crippen LogP) is 3.37. The molecule has 0 bridgehead atoms. The first kappa shape index (κ1) is 17.2. The average molecular weight is 339 g/mol. The van der Waals surface area contributed by atoms with E-state index in [1.807, 2.05) is 49.8 Å². The number of carbonyl (C=O) groups excluding carboxylic acids is 1. The minimum atomic E-state index is -0.0182. The van der Waals surface area contributed by atoms with E-state index < -0.39 is 0 Å². The molecule has 0 fully saturated rings. The lowest BCUT2D eigenvalue weighted by Crippen LogP contribution is -2.16. The fourth-order valence-corrected chi connectivity index (χ4v) is 3.23. The summed E-state index contributed by atoms with van der Waals surface area (Å²) >= 11 is 0. The van der Waals surface area contributed by atoms with Crippen molar-refractivity contribution in [3.8, 4) is 0 Å². The summed E-state index contributed by atoms with van der Waals surface area (Å²) in [5.41, 5.74) is 5.22. The van der Waals surface area contributed by atoms with E-state index in [-0.39, 0.29) is 5.91 Å². The Kier molecular flexibility index (Phi) is 4.88. The molecule has 0 aliphatic heterocycles. The predicted molar refractivity (Wildman–Crippen MR) is 99.7 cm³/mol. The number of para-hydroxylation sites is 2. The molecule has 0 atom stereocenters. The SMILES string of the molecule is CCCn1c(NC(=O)CCc2c(C)nn(C)c2C)nc2ccccc21. The van der Waals surface area contributed by atoms with Gasteiger partial charge in [0.2, 0.25) is 11.9 Å². The van der Waals surface area contributed by atoms with Gasteiger partial charge in [0.15, 0.2) is 0 Å². The molecule has 0 saturated heterocycles. The highest BCUT2D eigenvalue weighted by atomic mass is 16.1. The number of anilines is 1. The maximum Gasteiger partial charge on any atom is 0.227 e. The van der Waals surface area contributed by atoms with Crippen molar-refractivity contribution in [2.45, 2.75) is 46.6 Å². The number of rotatable bonds is 6. The van der Waals surface area contributed by atoms with Crippen LogP contribution in [0.25, 0.3) is 11.0 Å². The van der Waals surface area contributed by atoms with Crippen LogP contribution in [0.1, 0.15) is 36.7 Å². The number of hydrogen-bond donors (Lipinski definition) is 1. The molecule has 132 valence electrons. The molecule has 2 heterocycles. The van der Waals surface area contributed by atoms with Crippen LogP contribution < -0.4 is 5.32 Å². The summed E-state index contributed by atoms with van der Waals surface area (Å²) in [5.74, 6) is 0.614. The van der Waals surface area contributed by atoms with Gasteiger partial charge >= 0.3 is 0 Å². The number of nitrogens with zero attached hydrogens (tertiary/aromatic N) is 4. The van der Waals surface area contributed by atoms with Gasteiger partial charge in [-0.3, -0.25) is 14.8 Å². The lowest BCUT2D eigenvalue weighted by Gasteiger charge is -2.09. The van der Waals surface area contributed by atoms with Gasteiger partial charge in [-0.15, -0.1) is 0 Å². The van der Waals surface area contributed by atoms with Gasteiger partial charge in [-0.05, 0) is 44.4 Å². The lowest BCUT2D eigenvalue weighted by atomic mass is 10.1. The first-order valence-corrected chi connectivity index (χ1v) is 8.75. The van der Waals surface area contributed by atoms with E-state index in [1.165, 1.54) is 0 Å². The van der Waals surface area contributed by atoms with Gasteiger partial charge in [0.1, 0.15) is 0 Å². The molecule has 0 spiro atoms. The number of nitrogens with one attached hydrogen (secondary N) is 1. The summed E-state index contributed by atoms with van der Waals surface area (Å²) in [6, 6.07) is 7.97. The minimum Gasteiger partial charge on any atom is -0.310 e. The number of imidazole rings is 1. The minimum absolute atomic E-state index is 0.0182. The maximum atomic E-state index is 12.5. The first-order valence-electron chi connectivity index (χ1n) is 8.75. The lowest BCUT2D eigenvalue weighted by molar-refractivity contribution is -0.116. The van der Waals surface area contributed by atoms with Gasteiger partial charge in [-0.25, -0.2) is 4.98 Å². The molecular weight excluding hydrogens is 314 g/mol. The summed E-state index contributed by atoms with van der Waals surface area (Å²) < 4.78 is 3.94. The van der Waals surface area contributed by atoms with Gasteiger partial charge in [-0.2, -0.15) is 5.10 Å². The standard InChI is InChI=1S/C19H25N5O/c1-5-12-24-17-9-7-6-8-16(17)20-19(24)21-18(25)11-10-15-13(2)22-23(4)14(15)3/h6-9H,5,10-12H2,1-4H3,(H,20,21,25). The Morgan fingerprint density at radius 1 is 1.24 bits per heavy atom. The van der Waals surface area contributed by atoms with Crippen molar-refractivity contribution < 1.29 is 4.79 Å². The highest BCUT2D eigenvalue weighted by Gasteiger charge is 2.15. The van der Waals surface area contributed by atoms with Crippen LogP contribution in [-0.4, -0.2) is 25.2 Å². The van der Waals surface area contributed by atoms with E-state index in [0.29, 0.717) is 18.8 Å². The molecule has 0 unspecified atom stereocenters. The molecule has 3 aromatic rings. The summed E-state index contributed by atoms with van der Waals surface area (Å²) in [6.07, 6.45) is 2.09. The van der Waals surface area contributed by atoms with Gasteiger partial charge in [-0.1, -0.05) is 19.1 Å². The highest BCUT2D eigenvalue weighted by Crippen LogP contribution is 2.20. The first-order chi connectivity index (χ1) is 12.0. The number of fused-ring (bicyclic) bond motifs is 1. The third-order valence-electron chi connectivity index (χ3n) is 4.61. The molecule has 6 nitrogen and oxygen atoms in total. The van der Waals surface area contributed by atoms with Crippen molar-refractivity contribution in [1.82, 2.24) is 19.3 Å². The van der Waals surface area contributed by atoms with Crippen molar-refractivity contribution in [2.24, 2.45) is 7.05 Å². The van der Waals surface area contributed by atoms with E-state index in [4.69, 9.17) is 0 Å². The number of amides is 1. The summed E-state index contributed by atoms with van der Waals surface area (Å²) in [4.78, 5) is 17.0. The number of benzene rings is 1. The largest absolute Gasteiger partial charge is 0.310 e. The number of aryl methyl sites for hydroxylation is 3. The number of hydrogen-bond acceptors (Lipinski definition) is 3. The monoisotopic (exact) mass is 339 g/mol. The second-order valence-corrected chi connectivity index (χ2v) is 6.40. The fourth-order valence-electron chi connectivity index (χ4n) is 3.23. The van der Waals surface area contributed by atoms with Crippen LogP contribution >= 0.6 is 0 Å². The Hall–Kier alpha value is -2.63. The van der Waals surface area contributed by atoms with Crippen LogP contribution in [-0.2, 0) is 24.8 Å². The van der Waals surface area contributed by atoms with E-state index in [2.05, 4.69) is 26.9 Å². The van der Waals surface area contributed by atoms with E-state index in [1.54, 1.807) is 0 Å². The van der Waals surface area contributed by atoms with Crippen molar-refractivity contribution >= 4 is 22.9 Å². The molecule has 2 aromatic heterocycles. The molecule has 1 aromatic carbocycles. The Balaban J connectivity index is 1.74. The van der Waals surface area contributed by atoms with Gasteiger partial charge < -0.3 is 4.57 Å². The molecule has 3 rings (SSSR count). The number of aromatic nitrogens is 4. The molecule has 0 aliphatic rings. The van der Waals surface area contributed by atoms with Crippen molar-refractivity contribution in [2.75, 3.05) is 5.32 Å². The van der Waals surface area contributed by atoms with E-state index >= 15 is 0 Å². The average Bonchev–Trinajstić information content (AvgIpc) is 3.04. The molecule has 1 N–H and O–H groups in total. The Morgan fingerprint density at radius 3 is 2.68 bits per heavy atom. The molecule has 6 heteroatoms. The van der Waals surface area contributed by atoms with Gasteiger partial charge in [0, 0.05) is 25.7 Å². The zero-order chi connectivity index (χ0) is 18.0. The molecule has 25 heavy (non-hydrogen) atoms.